The fourth-order valence-corrected chi connectivity index (χ4v) is 4.54. The topological polar surface area (TPSA) is 28.5 Å². The molecule has 0 saturated carbocycles. The Hall–Kier alpha value is -2.59. The van der Waals surface area contributed by atoms with Gasteiger partial charge in [-0.25, -0.2) is 0 Å². The molecule has 0 radical (unpaired) electrons. The molecule has 1 aromatic heterocycles. The van der Waals surface area contributed by atoms with E-state index in [0.29, 0.717) is 0 Å². The maximum absolute atomic E-state index is 12.0. The van der Waals surface area contributed by atoms with Gasteiger partial charge in [0.05, 0.1) is 11.7 Å². The Balaban J connectivity index is 1.85. The largest absolute Gasteiger partial charge is 0.360 e. The van der Waals surface area contributed by atoms with Crippen LogP contribution in [0, 0.1) is 0 Å². The fraction of sp³-hybridized carbons (Fsp3) is 0.286. The van der Waals surface area contributed by atoms with Crippen molar-refractivity contribution in [2.24, 2.45) is 0 Å². The zero-order chi connectivity index (χ0) is 17.0. The smallest absolute Gasteiger partial charge is 0.152 e. The Kier molecular flexibility index (Phi) is 3.22. The number of fused-ring (bicyclic) bond motifs is 7. The van der Waals surface area contributed by atoms with E-state index in [0.717, 1.165) is 48.9 Å². The van der Waals surface area contributed by atoms with Crippen molar-refractivity contribution in [3.8, 4) is 0 Å². The summed E-state index contributed by atoms with van der Waals surface area (Å²) < 4.78 is 2.36. The third-order valence-electron chi connectivity index (χ3n) is 5.70. The van der Waals surface area contributed by atoms with Gasteiger partial charge >= 0.3 is 0 Å². The minimum absolute atomic E-state index is 0.204. The van der Waals surface area contributed by atoms with E-state index in [1.54, 1.807) is 0 Å². The molecule has 2 aliphatic heterocycles. The van der Waals surface area contributed by atoms with Crippen molar-refractivity contribution in [2.45, 2.75) is 12.6 Å². The third kappa shape index (κ3) is 2.07. The van der Waals surface area contributed by atoms with Crippen LogP contribution in [0.4, 0.5) is 5.69 Å². The number of likely N-dealkylation sites (N-methyl/N-ethyl adjacent to an activating group) is 1. The standard InChI is InChI=1S/C21H21N3O/c1-22-10-11-23-18-8-4-2-6-15(18)12-24-19-9-5-3-7-16(19)17(14-25)21(24)20(23)13-22/h2-9,14,20H,10-13H2,1H3. The van der Waals surface area contributed by atoms with Crippen LogP contribution in [-0.2, 0) is 6.54 Å². The van der Waals surface area contributed by atoms with Crippen LogP contribution in [0.3, 0.4) is 0 Å². The summed E-state index contributed by atoms with van der Waals surface area (Å²) in [5.74, 6) is 0. The molecule has 1 saturated heterocycles. The number of nitrogens with zero attached hydrogens (tertiary/aromatic N) is 3. The summed E-state index contributed by atoms with van der Waals surface area (Å²) in [6, 6.07) is 17.2. The minimum Gasteiger partial charge on any atom is -0.360 e. The molecule has 1 fully saturated rings. The van der Waals surface area contributed by atoms with Crippen molar-refractivity contribution < 1.29 is 4.79 Å². The highest BCUT2D eigenvalue weighted by molar-refractivity contribution is 6.00. The van der Waals surface area contributed by atoms with Crippen LogP contribution in [-0.4, -0.2) is 42.4 Å². The molecule has 25 heavy (non-hydrogen) atoms. The van der Waals surface area contributed by atoms with Crippen molar-refractivity contribution in [1.29, 1.82) is 0 Å². The highest BCUT2D eigenvalue weighted by atomic mass is 16.1. The second kappa shape index (κ2) is 5.46. The Labute approximate surface area is 147 Å². The van der Waals surface area contributed by atoms with Gasteiger partial charge in [0.25, 0.3) is 0 Å². The molecule has 1 unspecified atom stereocenters. The normalized spacial score (nSPS) is 19.9. The maximum atomic E-state index is 12.0. The van der Waals surface area contributed by atoms with E-state index in [1.165, 1.54) is 16.9 Å². The van der Waals surface area contributed by atoms with Gasteiger partial charge in [0.1, 0.15) is 0 Å². The Morgan fingerprint density at radius 3 is 2.72 bits per heavy atom. The summed E-state index contributed by atoms with van der Waals surface area (Å²) in [6.45, 7) is 3.78. The van der Waals surface area contributed by atoms with Crippen LogP contribution in [0.5, 0.6) is 0 Å². The molecule has 4 nitrogen and oxygen atoms in total. The number of para-hydroxylation sites is 2. The molecule has 3 heterocycles. The van der Waals surface area contributed by atoms with Crippen LogP contribution < -0.4 is 4.90 Å². The van der Waals surface area contributed by atoms with Gasteiger partial charge in [0.15, 0.2) is 6.29 Å². The molecule has 1 atom stereocenters. The quantitative estimate of drug-likeness (QED) is 0.641. The van der Waals surface area contributed by atoms with Gasteiger partial charge in [0.2, 0.25) is 0 Å². The first kappa shape index (κ1) is 14.7. The number of hydrogen-bond acceptors (Lipinski definition) is 3. The molecule has 126 valence electrons. The van der Waals surface area contributed by atoms with Crippen molar-refractivity contribution in [3.05, 3.63) is 65.4 Å². The van der Waals surface area contributed by atoms with Gasteiger partial charge in [-0.1, -0.05) is 36.4 Å². The first-order valence-electron chi connectivity index (χ1n) is 8.87. The lowest BCUT2D eigenvalue weighted by Crippen LogP contribution is -2.47. The fourth-order valence-electron chi connectivity index (χ4n) is 4.54. The van der Waals surface area contributed by atoms with E-state index in [2.05, 4.69) is 63.9 Å². The molecule has 5 rings (SSSR count). The lowest BCUT2D eigenvalue weighted by Gasteiger charge is -2.41. The van der Waals surface area contributed by atoms with Crippen molar-refractivity contribution in [2.75, 3.05) is 31.6 Å². The van der Waals surface area contributed by atoms with Crippen LogP contribution in [0.2, 0.25) is 0 Å². The SMILES string of the molecule is CN1CCN2c3ccccc3Cn3c(c(C=O)c4ccccc43)C2C1. The summed E-state index contributed by atoms with van der Waals surface area (Å²) in [6.07, 6.45) is 1.05. The molecule has 2 aliphatic rings. The van der Waals surface area contributed by atoms with E-state index in [-0.39, 0.29) is 6.04 Å². The number of anilines is 1. The Bertz CT molecular complexity index is 974. The summed E-state index contributed by atoms with van der Waals surface area (Å²) in [7, 11) is 2.17. The van der Waals surface area contributed by atoms with Gasteiger partial charge in [-0.2, -0.15) is 0 Å². The van der Waals surface area contributed by atoms with E-state index < -0.39 is 0 Å². The van der Waals surface area contributed by atoms with Gasteiger partial charge in [-0.15, -0.1) is 0 Å². The molecule has 3 aromatic rings. The molecule has 2 aromatic carbocycles. The number of rotatable bonds is 1. The highest BCUT2D eigenvalue weighted by Gasteiger charge is 2.35. The second-order valence-electron chi connectivity index (χ2n) is 7.12. The van der Waals surface area contributed by atoms with Crippen LogP contribution in [0.1, 0.15) is 27.7 Å². The van der Waals surface area contributed by atoms with Gasteiger partial charge in [0, 0.05) is 48.3 Å². The monoisotopic (exact) mass is 331 g/mol. The molecule has 0 spiro atoms. The number of carbonyl (C=O) groups excluding carboxylic acids is 1. The summed E-state index contributed by atoms with van der Waals surface area (Å²) in [5.41, 5.74) is 5.82. The summed E-state index contributed by atoms with van der Waals surface area (Å²) in [5, 5.41) is 1.07. The van der Waals surface area contributed by atoms with E-state index >= 15 is 0 Å². The molecule has 0 aliphatic carbocycles. The average molecular weight is 331 g/mol. The Morgan fingerprint density at radius 2 is 1.84 bits per heavy atom. The Morgan fingerprint density at radius 1 is 1.04 bits per heavy atom. The molecule has 4 heteroatoms. The van der Waals surface area contributed by atoms with Gasteiger partial charge in [-0.05, 0) is 24.7 Å². The van der Waals surface area contributed by atoms with Crippen LogP contribution >= 0.6 is 0 Å². The maximum Gasteiger partial charge on any atom is 0.152 e. The predicted octanol–water partition coefficient (Wildman–Crippen LogP) is 3.31. The molecule has 0 bridgehead atoms. The zero-order valence-corrected chi connectivity index (χ0v) is 14.4. The minimum atomic E-state index is 0.204. The van der Waals surface area contributed by atoms with Gasteiger partial charge < -0.3 is 14.4 Å². The highest BCUT2D eigenvalue weighted by Crippen LogP contribution is 2.41. The van der Waals surface area contributed by atoms with Crippen molar-refractivity contribution in [3.63, 3.8) is 0 Å². The zero-order valence-electron chi connectivity index (χ0n) is 14.4. The summed E-state index contributed by atoms with van der Waals surface area (Å²) in [4.78, 5) is 16.9. The lowest BCUT2D eigenvalue weighted by molar-refractivity contribution is 0.112. The van der Waals surface area contributed by atoms with Crippen molar-refractivity contribution >= 4 is 22.9 Å². The first-order chi connectivity index (χ1) is 12.3. The van der Waals surface area contributed by atoms with E-state index in [4.69, 9.17) is 0 Å². The molecule has 0 N–H and O–H groups in total. The van der Waals surface area contributed by atoms with Crippen molar-refractivity contribution in [1.82, 2.24) is 9.47 Å². The summed E-state index contributed by atoms with van der Waals surface area (Å²) >= 11 is 0. The third-order valence-corrected chi connectivity index (χ3v) is 5.70. The molecular weight excluding hydrogens is 310 g/mol. The van der Waals surface area contributed by atoms with Gasteiger partial charge in [-0.3, -0.25) is 4.79 Å². The number of aromatic nitrogens is 1. The average Bonchev–Trinajstić information content (AvgIpc) is 2.88. The van der Waals surface area contributed by atoms with Crippen LogP contribution in [0.15, 0.2) is 48.5 Å². The lowest BCUT2D eigenvalue weighted by atomic mass is 10.0. The van der Waals surface area contributed by atoms with E-state index in [9.17, 15) is 4.79 Å². The number of benzene rings is 2. The number of hydrogen-bond donors (Lipinski definition) is 0. The molecular formula is C21H21N3O. The first-order valence-corrected chi connectivity index (χ1v) is 8.87. The number of piperazine rings is 1. The second-order valence-corrected chi connectivity index (χ2v) is 7.12. The predicted molar refractivity (Wildman–Crippen MR) is 100 cm³/mol. The number of carbonyl (C=O) groups is 1. The van der Waals surface area contributed by atoms with E-state index in [1.807, 2.05) is 6.07 Å². The van der Waals surface area contributed by atoms with Crippen LogP contribution in [0.25, 0.3) is 10.9 Å². The number of aldehydes is 1. The molecule has 0 amide bonds.